The van der Waals surface area contributed by atoms with Crippen LogP contribution < -0.4 is 0 Å². The zero-order chi connectivity index (χ0) is 11.4. The van der Waals surface area contributed by atoms with Gasteiger partial charge >= 0.3 is 0 Å². The van der Waals surface area contributed by atoms with E-state index in [0.29, 0.717) is 17.8 Å². The number of rotatable bonds is 5. The van der Waals surface area contributed by atoms with Gasteiger partial charge in [-0.3, -0.25) is 4.90 Å². The van der Waals surface area contributed by atoms with E-state index in [4.69, 9.17) is 11.6 Å². The van der Waals surface area contributed by atoms with Gasteiger partial charge in [0.1, 0.15) is 5.01 Å². The molecule has 0 aromatic carbocycles. The van der Waals surface area contributed by atoms with Crippen LogP contribution in [0.2, 0.25) is 0 Å². The number of hydrogen-bond acceptors (Lipinski definition) is 3. The van der Waals surface area contributed by atoms with Gasteiger partial charge in [-0.2, -0.15) is 0 Å². The van der Waals surface area contributed by atoms with Crippen molar-refractivity contribution in [1.82, 2.24) is 9.88 Å². The van der Waals surface area contributed by atoms with Gasteiger partial charge in [-0.25, -0.2) is 4.98 Å². The first-order valence-electron chi connectivity index (χ1n) is 5.24. The van der Waals surface area contributed by atoms with E-state index >= 15 is 0 Å². The third-order valence-corrected chi connectivity index (χ3v) is 3.94. The Morgan fingerprint density at radius 2 is 2.13 bits per heavy atom. The molecular weight excluding hydrogens is 228 g/mol. The molecule has 1 heterocycles. The molecule has 1 atom stereocenters. The second-order valence-electron chi connectivity index (χ2n) is 4.27. The third-order valence-electron chi connectivity index (χ3n) is 2.78. The lowest BCUT2D eigenvalue weighted by molar-refractivity contribution is 0.200. The molecule has 0 spiro atoms. The number of thiazole rings is 1. The molecule has 0 radical (unpaired) electrons. The highest BCUT2D eigenvalue weighted by molar-refractivity contribution is 7.09. The molecule has 0 aliphatic heterocycles. The number of hydrogen-bond donors (Lipinski definition) is 0. The van der Waals surface area contributed by atoms with Crippen LogP contribution in [-0.4, -0.2) is 23.0 Å². The third kappa shape index (κ3) is 3.74. The van der Waals surface area contributed by atoms with Crippen molar-refractivity contribution < 1.29 is 0 Å². The van der Waals surface area contributed by atoms with Crippen LogP contribution in [0.3, 0.4) is 0 Å². The van der Waals surface area contributed by atoms with Gasteiger partial charge in [0.25, 0.3) is 0 Å². The Kier molecular flexibility index (Phi) is 5.03. The van der Waals surface area contributed by atoms with E-state index in [-0.39, 0.29) is 0 Å². The second-order valence-corrected chi connectivity index (χ2v) is 5.48. The number of alkyl halides is 1. The van der Waals surface area contributed by atoms with Gasteiger partial charge in [0.15, 0.2) is 0 Å². The zero-order valence-electron chi connectivity index (χ0n) is 9.83. The molecule has 2 nitrogen and oxygen atoms in total. The minimum atomic E-state index is 0.514. The summed E-state index contributed by atoms with van der Waals surface area (Å²) in [5, 5.41) is 3.19. The van der Waals surface area contributed by atoms with Crippen molar-refractivity contribution in [1.29, 1.82) is 0 Å². The van der Waals surface area contributed by atoms with E-state index in [0.717, 1.165) is 17.2 Å². The van der Waals surface area contributed by atoms with E-state index in [1.165, 1.54) is 0 Å². The van der Waals surface area contributed by atoms with Crippen molar-refractivity contribution in [2.24, 2.45) is 5.92 Å². The minimum Gasteiger partial charge on any atom is -0.297 e. The van der Waals surface area contributed by atoms with E-state index in [1.54, 1.807) is 11.3 Å². The molecule has 0 saturated heterocycles. The average molecular weight is 247 g/mol. The summed E-state index contributed by atoms with van der Waals surface area (Å²) in [6.45, 7) is 7.65. The summed E-state index contributed by atoms with van der Waals surface area (Å²) in [6.07, 6.45) is 0. The average Bonchev–Trinajstić information content (AvgIpc) is 2.64. The van der Waals surface area contributed by atoms with E-state index < -0.39 is 0 Å². The fraction of sp³-hybridized carbons (Fsp3) is 0.727. The smallest absolute Gasteiger partial charge is 0.107 e. The highest BCUT2D eigenvalue weighted by atomic mass is 35.5. The van der Waals surface area contributed by atoms with Gasteiger partial charge in [-0.05, 0) is 19.9 Å². The van der Waals surface area contributed by atoms with Gasteiger partial charge in [0.05, 0.1) is 18.1 Å². The van der Waals surface area contributed by atoms with Crippen molar-refractivity contribution in [3.63, 3.8) is 0 Å². The summed E-state index contributed by atoms with van der Waals surface area (Å²) in [7, 11) is 2.15. The Morgan fingerprint density at radius 1 is 1.47 bits per heavy atom. The number of nitrogens with zero attached hydrogens (tertiary/aromatic N) is 2. The van der Waals surface area contributed by atoms with Crippen LogP contribution in [0.5, 0.6) is 0 Å². The van der Waals surface area contributed by atoms with Crippen molar-refractivity contribution in [3.05, 3.63) is 16.1 Å². The Morgan fingerprint density at radius 3 is 2.60 bits per heavy atom. The monoisotopic (exact) mass is 246 g/mol. The quantitative estimate of drug-likeness (QED) is 0.741. The van der Waals surface area contributed by atoms with Gasteiger partial charge < -0.3 is 0 Å². The minimum absolute atomic E-state index is 0.514. The molecule has 86 valence electrons. The summed E-state index contributed by atoms with van der Waals surface area (Å²) in [6, 6.07) is 0.577. The molecule has 1 aromatic rings. The summed E-state index contributed by atoms with van der Waals surface area (Å²) < 4.78 is 0. The number of halogens is 1. The van der Waals surface area contributed by atoms with Crippen molar-refractivity contribution in [3.8, 4) is 0 Å². The van der Waals surface area contributed by atoms with Crippen LogP contribution in [0.15, 0.2) is 5.38 Å². The fourth-order valence-corrected chi connectivity index (χ4v) is 2.43. The van der Waals surface area contributed by atoms with Crippen LogP contribution in [0.1, 0.15) is 31.5 Å². The summed E-state index contributed by atoms with van der Waals surface area (Å²) in [5.74, 6) is 1.18. The summed E-state index contributed by atoms with van der Waals surface area (Å²) in [4.78, 5) is 6.79. The van der Waals surface area contributed by atoms with Gasteiger partial charge in [0.2, 0.25) is 0 Å². The maximum Gasteiger partial charge on any atom is 0.107 e. The largest absolute Gasteiger partial charge is 0.297 e. The lowest BCUT2D eigenvalue weighted by atomic mass is 10.1. The molecule has 0 aliphatic carbocycles. The van der Waals surface area contributed by atoms with Crippen LogP contribution in [0.25, 0.3) is 0 Å². The molecule has 15 heavy (non-hydrogen) atoms. The van der Waals surface area contributed by atoms with Gasteiger partial charge in [-0.15, -0.1) is 22.9 Å². The molecule has 1 unspecified atom stereocenters. The lowest BCUT2D eigenvalue weighted by Crippen LogP contribution is -2.32. The molecule has 0 aliphatic rings. The highest BCUT2D eigenvalue weighted by Gasteiger charge is 2.14. The summed E-state index contributed by atoms with van der Waals surface area (Å²) in [5.41, 5.74) is 0.988. The van der Waals surface area contributed by atoms with E-state index in [1.807, 2.05) is 5.38 Å². The van der Waals surface area contributed by atoms with Gasteiger partial charge in [0, 0.05) is 11.4 Å². The van der Waals surface area contributed by atoms with Crippen LogP contribution in [-0.2, 0) is 12.4 Å². The molecule has 1 rings (SSSR count). The van der Waals surface area contributed by atoms with Crippen LogP contribution in [0, 0.1) is 5.92 Å². The molecule has 0 amide bonds. The van der Waals surface area contributed by atoms with Crippen LogP contribution >= 0.6 is 22.9 Å². The maximum atomic E-state index is 5.72. The van der Waals surface area contributed by atoms with Crippen molar-refractivity contribution in [2.45, 2.75) is 39.2 Å². The Labute approximate surface area is 101 Å². The molecule has 0 fully saturated rings. The van der Waals surface area contributed by atoms with E-state index in [2.05, 4.69) is 37.7 Å². The molecular formula is C11H19ClN2S. The lowest BCUT2D eigenvalue weighted by Gasteiger charge is -2.26. The predicted octanol–water partition coefficient (Wildman–Crippen LogP) is 3.36. The topological polar surface area (TPSA) is 16.1 Å². The zero-order valence-corrected chi connectivity index (χ0v) is 11.4. The molecule has 1 aromatic heterocycles. The Bertz CT molecular complexity index is 299. The predicted molar refractivity (Wildman–Crippen MR) is 67.4 cm³/mol. The maximum absolute atomic E-state index is 5.72. The van der Waals surface area contributed by atoms with E-state index in [9.17, 15) is 0 Å². The summed E-state index contributed by atoms with van der Waals surface area (Å²) >= 11 is 7.41. The normalized spacial score (nSPS) is 13.8. The van der Waals surface area contributed by atoms with Crippen LogP contribution in [0.4, 0.5) is 0 Å². The number of aromatic nitrogens is 1. The van der Waals surface area contributed by atoms with Crippen molar-refractivity contribution >= 4 is 22.9 Å². The standard InChI is InChI=1S/C11H19ClN2S/c1-8(2)9(3)14(4)6-11-13-10(5-12)7-15-11/h7-9H,5-6H2,1-4H3. The fourth-order valence-electron chi connectivity index (χ4n) is 1.35. The first-order valence-corrected chi connectivity index (χ1v) is 6.65. The first-order chi connectivity index (χ1) is 7.04. The molecule has 4 heteroatoms. The second kappa shape index (κ2) is 5.83. The Balaban J connectivity index is 2.54. The Hall–Kier alpha value is -0.120. The van der Waals surface area contributed by atoms with Gasteiger partial charge in [-0.1, -0.05) is 13.8 Å². The first kappa shape index (κ1) is 12.9. The molecule has 0 N–H and O–H groups in total. The van der Waals surface area contributed by atoms with Crippen molar-refractivity contribution in [2.75, 3.05) is 7.05 Å². The highest BCUT2D eigenvalue weighted by Crippen LogP contribution is 2.16. The SMILES string of the molecule is CC(C)C(C)N(C)Cc1nc(CCl)cs1. The molecule has 0 bridgehead atoms. The molecule has 0 saturated carbocycles.